The highest BCUT2D eigenvalue weighted by molar-refractivity contribution is 5.78. The van der Waals surface area contributed by atoms with Crippen LogP contribution in [0.3, 0.4) is 0 Å². The van der Waals surface area contributed by atoms with Gasteiger partial charge < -0.3 is 9.72 Å². The van der Waals surface area contributed by atoms with Gasteiger partial charge in [-0.1, -0.05) is 0 Å². The van der Waals surface area contributed by atoms with E-state index in [1.165, 1.54) is 25.7 Å². The van der Waals surface area contributed by atoms with E-state index in [1.807, 2.05) is 12.1 Å². The maximum absolute atomic E-state index is 11.8. The van der Waals surface area contributed by atoms with E-state index in [1.54, 1.807) is 6.07 Å². The number of aromatic amines is 1. The van der Waals surface area contributed by atoms with Gasteiger partial charge in [0.2, 0.25) is 0 Å². The van der Waals surface area contributed by atoms with Gasteiger partial charge in [-0.3, -0.25) is 9.69 Å². The SMILES string of the molecule is O=c1[nH]cnc2ccc(OC3CCN(CC4CC4)C3)cc12. The van der Waals surface area contributed by atoms with E-state index in [0.29, 0.717) is 10.9 Å². The molecule has 0 bridgehead atoms. The Labute approximate surface area is 122 Å². The van der Waals surface area contributed by atoms with Crippen molar-refractivity contribution >= 4 is 10.9 Å². The highest BCUT2D eigenvalue weighted by Gasteiger charge is 2.30. The minimum atomic E-state index is -0.118. The second kappa shape index (κ2) is 5.15. The fourth-order valence-corrected chi connectivity index (χ4v) is 3.04. The second-order valence-electron chi connectivity index (χ2n) is 6.14. The summed E-state index contributed by atoms with van der Waals surface area (Å²) >= 11 is 0. The average Bonchev–Trinajstić information content (AvgIpc) is 3.19. The van der Waals surface area contributed by atoms with Crippen LogP contribution in [0.15, 0.2) is 29.3 Å². The first-order chi connectivity index (χ1) is 10.3. The van der Waals surface area contributed by atoms with E-state index < -0.39 is 0 Å². The molecule has 21 heavy (non-hydrogen) atoms. The molecule has 1 saturated carbocycles. The van der Waals surface area contributed by atoms with Crippen LogP contribution in [0.5, 0.6) is 5.75 Å². The van der Waals surface area contributed by atoms with Crippen LogP contribution in [-0.4, -0.2) is 40.6 Å². The molecule has 5 heteroatoms. The van der Waals surface area contributed by atoms with Crippen molar-refractivity contribution in [3.8, 4) is 5.75 Å². The number of aromatic nitrogens is 2. The Morgan fingerprint density at radius 2 is 2.24 bits per heavy atom. The topological polar surface area (TPSA) is 58.2 Å². The number of rotatable bonds is 4. The zero-order valence-corrected chi connectivity index (χ0v) is 11.9. The van der Waals surface area contributed by atoms with Crippen LogP contribution >= 0.6 is 0 Å². The van der Waals surface area contributed by atoms with Crippen LogP contribution in [0.4, 0.5) is 0 Å². The molecule has 2 aliphatic rings. The normalized spacial score (nSPS) is 22.8. The molecule has 2 fully saturated rings. The average molecular weight is 285 g/mol. The van der Waals surface area contributed by atoms with E-state index >= 15 is 0 Å². The Kier molecular flexibility index (Phi) is 3.15. The van der Waals surface area contributed by atoms with Crippen LogP contribution in [0.2, 0.25) is 0 Å². The van der Waals surface area contributed by atoms with E-state index in [-0.39, 0.29) is 11.7 Å². The van der Waals surface area contributed by atoms with Crippen molar-refractivity contribution in [1.82, 2.24) is 14.9 Å². The van der Waals surface area contributed by atoms with E-state index in [2.05, 4.69) is 14.9 Å². The monoisotopic (exact) mass is 285 g/mol. The van der Waals surface area contributed by atoms with Crippen LogP contribution in [0, 0.1) is 5.92 Å². The summed E-state index contributed by atoms with van der Waals surface area (Å²) in [6, 6.07) is 5.54. The van der Waals surface area contributed by atoms with Crippen LogP contribution in [0.1, 0.15) is 19.3 Å². The lowest BCUT2D eigenvalue weighted by Crippen LogP contribution is -2.26. The quantitative estimate of drug-likeness (QED) is 0.930. The molecule has 1 aliphatic heterocycles. The van der Waals surface area contributed by atoms with E-state index in [9.17, 15) is 4.79 Å². The van der Waals surface area contributed by atoms with Gasteiger partial charge in [-0.05, 0) is 43.4 Å². The molecule has 0 amide bonds. The Morgan fingerprint density at radius 1 is 1.33 bits per heavy atom. The third kappa shape index (κ3) is 2.78. The van der Waals surface area contributed by atoms with Crippen molar-refractivity contribution in [2.24, 2.45) is 5.92 Å². The molecule has 1 saturated heterocycles. The Bertz CT molecular complexity index is 708. The summed E-state index contributed by atoms with van der Waals surface area (Å²) < 4.78 is 6.05. The molecule has 110 valence electrons. The van der Waals surface area contributed by atoms with Crippen LogP contribution in [-0.2, 0) is 0 Å². The summed E-state index contributed by atoms with van der Waals surface area (Å²) in [5, 5.41) is 0.586. The largest absolute Gasteiger partial charge is 0.489 e. The number of hydrogen-bond acceptors (Lipinski definition) is 4. The van der Waals surface area contributed by atoms with Gasteiger partial charge in [-0.25, -0.2) is 4.98 Å². The van der Waals surface area contributed by atoms with Gasteiger partial charge in [-0.2, -0.15) is 0 Å². The molecule has 1 aromatic carbocycles. The van der Waals surface area contributed by atoms with Gasteiger partial charge in [0, 0.05) is 19.6 Å². The number of ether oxygens (including phenoxy) is 1. The maximum Gasteiger partial charge on any atom is 0.258 e. The molecule has 1 atom stereocenters. The summed E-state index contributed by atoms with van der Waals surface area (Å²) in [5.41, 5.74) is 0.583. The van der Waals surface area contributed by atoms with Gasteiger partial charge >= 0.3 is 0 Å². The minimum absolute atomic E-state index is 0.118. The first-order valence-electron chi connectivity index (χ1n) is 7.64. The van der Waals surface area contributed by atoms with Crippen molar-refractivity contribution in [3.05, 3.63) is 34.9 Å². The number of fused-ring (bicyclic) bond motifs is 1. The summed E-state index contributed by atoms with van der Waals surface area (Å²) in [4.78, 5) is 21.0. The minimum Gasteiger partial charge on any atom is -0.489 e. The van der Waals surface area contributed by atoms with E-state index in [0.717, 1.165) is 31.2 Å². The Balaban J connectivity index is 1.47. The molecule has 2 aromatic rings. The Hall–Kier alpha value is -1.88. The van der Waals surface area contributed by atoms with Crippen molar-refractivity contribution < 1.29 is 4.74 Å². The number of hydrogen-bond donors (Lipinski definition) is 1. The molecule has 0 spiro atoms. The highest BCUT2D eigenvalue weighted by atomic mass is 16.5. The van der Waals surface area contributed by atoms with Gasteiger partial charge in [0.25, 0.3) is 5.56 Å². The molecular weight excluding hydrogens is 266 g/mol. The molecule has 2 heterocycles. The number of benzene rings is 1. The van der Waals surface area contributed by atoms with Crippen molar-refractivity contribution in [3.63, 3.8) is 0 Å². The summed E-state index contributed by atoms with van der Waals surface area (Å²) in [6.45, 7) is 3.34. The Morgan fingerprint density at radius 3 is 3.10 bits per heavy atom. The summed E-state index contributed by atoms with van der Waals surface area (Å²) in [6.07, 6.45) is 5.51. The number of nitrogens with zero attached hydrogens (tertiary/aromatic N) is 2. The predicted octanol–water partition coefficient (Wildman–Crippen LogP) is 1.79. The standard InChI is InChI=1S/C16H19N3O2/c20-16-14-7-12(3-4-15(14)17-10-18-16)21-13-5-6-19(9-13)8-11-1-2-11/h3-4,7,10-11,13H,1-2,5-6,8-9H2,(H,17,18,20). The lowest BCUT2D eigenvalue weighted by Gasteiger charge is -2.16. The van der Waals surface area contributed by atoms with Crippen molar-refractivity contribution in [2.75, 3.05) is 19.6 Å². The third-order valence-electron chi connectivity index (χ3n) is 4.36. The maximum atomic E-state index is 11.8. The number of likely N-dealkylation sites (tertiary alicyclic amines) is 1. The molecule has 1 aromatic heterocycles. The molecule has 4 rings (SSSR count). The lowest BCUT2D eigenvalue weighted by atomic mass is 10.2. The van der Waals surface area contributed by atoms with E-state index in [4.69, 9.17) is 4.74 Å². The number of H-pyrrole nitrogens is 1. The summed E-state index contributed by atoms with van der Waals surface area (Å²) in [5.74, 6) is 1.69. The highest BCUT2D eigenvalue weighted by Crippen LogP contribution is 2.31. The zero-order chi connectivity index (χ0) is 14.2. The van der Waals surface area contributed by atoms with Crippen molar-refractivity contribution in [1.29, 1.82) is 0 Å². The lowest BCUT2D eigenvalue weighted by molar-refractivity contribution is 0.198. The van der Waals surface area contributed by atoms with Gasteiger partial charge in [0.1, 0.15) is 11.9 Å². The zero-order valence-electron chi connectivity index (χ0n) is 11.9. The molecule has 1 unspecified atom stereocenters. The fourth-order valence-electron chi connectivity index (χ4n) is 3.04. The number of nitrogens with one attached hydrogen (secondary N) is 1. The fraction of sp³-hybridized carbons (Fsp3) is 0.500. The molecule has 0 radical (unpaired) electrons. The van der Waals surface area contributed by atoms with Crippen molar-refractivity contribution in [2.45, 2.75) is 25.4 Å². The van der Waals surface area contributed by atoms with Crippen LogP contribution in [0.25, 0.3) is 10.9 Å². The van der Waals surface area contributed by atoms with Crippen LogP contribution < -0.4 is 10.3 Å². The van der Waals surface area contributed by atoms with Gasteiger partial charge in [-0.15, -0.1) is 0 Å². The van der Waals surface area contributed by atoms with Gasteiger partial charge in [0.15, 0.2) is 0 Å². The molecule has 1 N–H and O–H groups in total. The third-order valence-corrected chi connectivity index (χ3v) is 4.36. The summed E-state index contributed by atoms with van der Waals surface area (Å²) in [7, 11) is 0. The smallest absolute Gasteiger partial charge is 0.258 e. The molecule has 1 aliphatic carbocycles. The molecule has 5 nitrogen and oxygen atoms in total. The first-order valence-corrected chi connectivity index (χ1v) is 7.64. The first kappa shape index (κ1) is 12.8. The predicted molar refractivity (Wildman–Crippen MR) is 80.6 cm³/mol. The second-order valence-corrected chi connectivity index (χ2v) is 6.14. The van der Waals surface area contributed by atoms with Gasteiger partial charge in [0.05, 0.1) is 17.2 Å². The molecular formula is C16H19N3O2.